The summed E-state index contributed by atoms with van der Waals surface area (Å²) in [5.41, 5.74) is 1.99. The molecule has 18 heavy (non-hydrogen) atoms. The Morgan fingerprint density at radius 2 is 1.89 bits per heavy atom. The minimum atomic E-state index is 0.0609. The number of hydrogen-bond acceptors (Lipinski definition) is 3. The minimum Gasteiger partial charge on any atom is -0.508 e. The number of phenols is 2. The third kappa shape index (κ3) is 1.76. The average molecular weight is 261 g/mol. The molecule has 0 bridgehead atoms. The Morgan fingerprint density at radius 1 is 1.06 bits per heavy atom. The van der Waals surface area contributed by atoms with Crippen molar-refractivity contribution in [1.82, 2.24) is 9.97 Å². The largest absolute Gasteiger partial charge is 0.508 e. The van der Waals surface area contributed by atoms with E-state index < -0.39 is 0 Å². The van der Waals surface area contributed by atoms with E-state index in [-0.39, 0.29) is 11.5 Å². The maximum atomic E-state index is 9.83. The lowest BCUT2D eigenvalue weighted by Crippen LogP contribution is -1.81. The van der Waals surface area contributed by atoms with Crippen LogP contribution in [-0.4, -0.2) is 20.2 Å². The first-order valence-electron chi connectivity index (χ1n) is 5.31. The molecule has 1 aromatic heterocycles. The summed E-state index contributed by atoms with van der Waals surface area (Å²) in [7, 11) is 0. The van der Waals surface area contributed by atoms with E-state index in [2.05, 4.69) is 9.97 Å². The van der Waals surface area contributed by atoms with Crippen LogP contribution in [-0.2, 0) is 0 Å². The van der Waals surface area contributed by atoms with Gasteiger partial charge in [-0.25, -0.2) is 4.98 Å². The standard InChI is InChI=1S/C13H9ClN2O2/c14-7-1-3-9(12(18)5-7)13-15-10-4-2-8(17)6-11(10)16-13/h1-6,17-18H,(H,15,16). The molecule has 3 N–H and O–H groups in total. The van der Waals surface area contributed by atoms with Gasteiger partial charge in [0.05, 0.1) is 16.6 Å². The van der Waals surface area contributed by atoms with Gasteiger partial charge in [0.1, 0.15) is 17.3 Å². The lowest BCUT2D eigenvalue weighted by Gasteiger charge is -2.00. The van der Waals surface area contributed by atoms with E-state index in [9.17, 15) is 10.2 Å². The molecule has 0 spiro atoms. The molecule has 0 aliphatic rings. The molecular formula is C13H9ClN2O2. The van der Waals surface area contributed by atoms with Gasteiger partial charge in [-0.2, -0.15) is 0 Å². The Morgan fingerprint density at radius 3 is 2.67 bits per heavy atom. The number of nitrogens with one attached hydrogen (secondary N) is 1. The number of fused-ring (bicyclic) bond motifs is 1. The van der Waals surface area contributed by atoms with Crippen LogP contribution in [0.2, 0.25) is 5.02 Å². The van der Waals surface area contributed by atoms with E-state index in [1.165, 1.54) is 6.07 Å². The van der Waals surface area contributed by atoms with Gasteiger partial charge in [-0.3, -0.25) is 0 Å². The predicted molar refractivity (Wildman–Crippen MR) is 69.9 cm³/mol. The summed E-state index contributed by atoms with van der Waals surface area (Å²) in [5, 5.41) is 19.7. The van der Waals surface area contributed by atoms with Crippen molar-refractivity contribution < 1.29 is 10.2 Å². The summed E-state index contributed by atoms with van der Waals surface area (Å²) in [4.78, 5) is 7.38. The second kappa shape index (κ2) is 3.92. The van der Waals surface area contributed by atoms with Crippen LogP contribution >= 0.6 is 11.6 Å². The molecule has 3 aromatic rings. The third-order valence-electron chi connectivity index (χ3n) is 2.68. The number of rotatable bonds is 1. The number of nitrogens with zero attached hydrogens (tertiary/aromatic N) is 1. The summed E-state index contributed by atoms with van der Waals surface area (Å²) < 4.78 is 0. The zero-order valence-electron chi connectivity index (χ0n) is 9.18. The van der Waals surface area contributed by atoms with Crippen molar-refractivity contribution in [2.75, 3.05) is 0 Å². The lowest BCUT2D eigenvalue weighted by molar-refractivity contribution is 0.476. The number of phenolic OH excluding ortho intramolecular Hbond substituents is 2. The second-order valence-electron chi connectivity index (χ2n) is 3.95. The zero-order chi connectivity index (χ0) is 12.7. The predicted octanol–water partition coefficient (Wildman–Crippen LogP) is 3.29. The van der Waals surface area contributed by atoms with E-state index >= 15 is 0 Å². The maximum Gasteiger partial charge on any atom is 0.142 e. The zero-order valence-corrected chi connectivity index (χ0v) is 9.94. The Kier molecular flexibility index (Phi) is 2.38. The summed E-state index contributed by atoms with van der Waals surface area (Å²) in [6.45, 7) is 0. The molecular weight excluding hydrogens is 252 g/mol. The molecule has 0 amide bonds. The number of benzene rings is 2. The van der Waals surface area contributed by atoms with E-state index in [0.29, 0.717) is 21.9 Å². The Bertz CT molecular complexity index is 737. The van der Waals surface area contributed by atoms with Gasteiger partial charge < -0.3 is 15.2 Å². The van der Waals surface area contributed by atoms with E-state index in [0.717, 1.165) is 5.52 Å². The van der Waals surface area contributed by atoms with Crippen molar-refractivity contribution in [1.29, 1.82) is 0 Å². The summed E-state index contributed by atoms with van der Waals surface area (Å²) >= 11 is 5.78. The topological polar surface area (TPSA) is 69.1 Å². The van der Waals surface area contributed by atoms with E-state index in [1.807, 2.05) is 0 Å². The van der Waals surface area contributed by atoms with Crippen LogP contribution in [0.3, 0.4) is 0 Å². The molecule has 90 valence electrons. The Hall–Kier alpha value is -2.20. The lowest BCUT2D eigenvalue weighted by atomic mass is 10.2. The molecule has 0 atom stereocenters. The van der Waals surface area contributed by atoms with Crippen molar-refractivity contribution >= 4 is 22.6 Å². The fraction of sp³-hybridized carbons (Fsp3) is 0. The first-order chi connectivity index (χ1) is 8.63. The van der Waals surface area contributed by atoms with E-state index in [1.54, 1.807) is 30.3 Å². The smallest absolute Gasteiger partial charge is 0.142 e. The van der Waals surface area contributed by atoms with Crippen molar-refractivity contribution in [2.24, 2.45) is 0 Å². The minimum absolute atomic E-state index is 0.0609. The van der Waals surface area contributed by atoms with Crippen LogP contribution in [0, 0.1) is 0 Å². The van der Waals surface area contributed by atoms with Crippen LogP contribution in [0.4, 0.5) is 0 Å². The molecule has 0 unspecified atom stereocenters. The van der Waals surface area contributed by atoms with Gasteiger partial charge in [0.2, 0.25) is 0 Å². The first-order valence-corrected chi connectivity index (χ1v) is 5.69. The first kappa shape index (κ1) is 10.9. The van der Waals surface area contributed by atoms with Gasteiger partial charge in [-0.05, 0) is 30.3 Å². The molecule has 0 radical (unpaired) electrons. The van der Waals surface area contributed by atoms with Crippen molar-refractivity contribution in [2.45, 2.75) is 0 Å². The average Bonchev–Trinajstić information content (AvgIpc) is 2.71. The molecule has 0 aliphatic heterocycles. The molecule has 1 heterocycles. The highest BCUT2D eigenvalue weighted by atomic mass is 35.5. The summed E-state index contributed by atoms with van der Waals surface area (Å²) in [5.74, 6) is 0.758. The van der Waals surface area contributed by atoms with Crippen LogP contribution in [0.15, 0.2) is 36.4 Å². The quantitative estimate of drug-likeness (QED) is 0.629. The van der Waals surface area contributed by atoms with Gasteiger partial charge in [-0.1, -0.05) is 11.6 Å². The maximum absolute atomic E-state index is 9.83. The molecule has 0 fully saturated rings. The fourth-order valence-electron chi connectivity index (χ4n) is 1.83. The number of aromatic hydroxyl groups is 2. The molecule has 5 heteroatoms. The van der Waals surface area contributed by atoms with Crippen molar-refractivity contribution in [3.05, 3.63) is 41.4 Å². The third-order valence-corrected chi connectivity index (χ3v) is 2.92. The SMILES string of the molecule is Oc1ccc2nc(-c3ccc(Cl)cc3O)[nH]c2c1. The number of imidazole rings is 1. The number of hydrogen-bond donors (Lipinski definition) is 3. The fourth-order valence-corrected chi connectivity index (χ4v) is 2.00. The van der Waals surface area contributed by atoms with Gasteiger partial charge >= 0.3 is 0 Å². The molecule has 2 aromatic carbocycles. The van der Waals surface area contributed by atoms with Crippen molar-refractivity contribution in [3.8, 4) is 22.9 Å². The highest BCUT2D eigenvalue weighted by molar-refractivity contribution is 6.30. The van der Waals surface area contributed by atoms with Crippen LogP contribution in [0.25, 0.3) is 22.4 Å². The Balaban J connectivity index is 2.19. The van der Waals surface area contributed by atoms with Crippen LogP contribution < -0.4 is 0 Å². The molecule has 0 saturated heterocycles. The van der Waals surface area contributed by atoms with Gasteiger partial charge in [0.25, 0.3) is 0 Å². The highest BCUT2D eigenvalue weighted by Gasteiger charge is 2.10. The second-order valence-corrected chi connectivity index (χ2v) is 4.38. The van der Waals surface area contributed by atoms with Gasteiger partial charge in [0.15, 0.2) is 0 Å². The monoisotopic (exact) mass is 260 g/mol. The summed E-state index contributed by atoms with van der Waals surface area (Å²) in [6.07, 6.45) is 0. The molecule has 0 aliphatic carbocycles. The molecule has 3 rings (SSSR count). The number of aromatic nitrogens is 2. The summed E-state index contributed by atoms with van der Waals surface area (Å²) in [6, 6.07) is 9.68. The van der Waals surface area contributed by atoms with Crippen molar-refractivity contribution in [3.63, 3.8) is 0 Å². The highest BCUT2D eigenvalue weighted by Crippen LogP contribution is 2.31. The van der Waals surface area contributed by atoms with Gasteiger partial charge in [0, 0.05) is 11.1 Å². The Labute approximate surface area is 107 Å². The molecule has 0 saturated carbocycles. The number of halogens is 1. The van der Waals surface area contributed by atoms with E-state index in [4.69, 9.17) is 11.6 Å². The van der Waals surface area contributed by atoms with Gasteiger partial charge in [-0.15, -0.1) is 0 Å². The molecule has 4 nitrogen and oxygen atoms in total. The number of aromatic amines is 1. The van der Waals surface area contributed by atoms with Crippen LogP contribution in [0.1, 0.15) is 0 Å². The van der Waals surface area contributed by atoms with Crippen LogP contribution in [0.5, 0.6) is 11.5 Å². The number of H-pyrrole nitrogens is 1. The normalized spacial score (nSPS) is 10.9.